The predicted octanol–water partition coefficient (Wildman–Crippen LogP) is 1.08. The zero-order chi connectivity index (χ0) is 11.3. The minimum absolute atomic E-state index is 0.100. The first-order chi connectivity index (χ1) is 7.19. The molecule has 1 rings (SSSR count). The van der Waals surface area contributed by atoms with Crippen LogP contribution >= 0.6 is 0 Å². The Hall–Kier alpha value is -1.42. The van der Waals surface area contributed by atoms with Crippen molar-refractivity contribution in [2.45, 2.75) is 13.8 Å². The number of anilines is 1. The van der Waals surface area contributed by atoms with E-state index in [0.29, 0.717) is 13.1 Å². The third kappa shape index (κ3) is 3.02. The Labute approximate surface area is 90.3 Å². The van der Waals surface area contributed by atoms with E-state index in [0.717, 1.165) is 17.2 Å². The summed E-state index contributed by atoms with van der Waals surface area (Å²) in [4.78, 5) is 10.6. The van der Waals surface area contributed by atoms with Gasteiger partial charge in [-0.05, 0) is 13.8 Å². The lowest BCUT2D eigenvalue weighted by molar-refractivity contribution is 0.302. The third-order valence-electron chi connectivity index (χ3n) is 2.07. The van der Waals surface area contributed by atoms with Crippen LogP contribution < -0.4 is 4.90 Å². The molecule has 0 radical (unpaired) electrons. The molecule has 0 unspecified atom stereocenters. The van der Waals surface area contributed by atoms with Crippen molar-refractivity contribution >= 4 is 5.82 Å². The highest BCUT2D eigenvalue weighted by molar-refractivity contribution is 5.43. The summed E-state index contributed by atoms with van der Waals surface area (Å²) < 4.78 is 0. The lowest BCUT2D eigenvalue weighted by Gasteiger charge is -2.22. The van der Waals surface area contributed by atoms with Gasteiger partial charge in [0.15, 0.2) is 5.82 Å². The molecule has 1 N–H and O–H groups in total. The summed E-state index contributed by atoms with van der Waals surface area (Å²) in [6.45, 7) is 8.82. The fourth-order valence-electron chi connectivity index (χ4n) is 1.38. The first kappa shape index (κ1) is 11.7. The number of nitrogens with zero attached hydrogens (tertiary/aromatic N) is 3. The molecule has 82 valence electrons. The van der Waals surface area contributed by atoms with Crippen molar-refractivity contribution in [2.75, 3.05) is 24.6 Å². The van der Waals surface area contributed by atoms with Crippen LogP contribution in [-0.2, 0) is 0 Å². The molecule has 0 amide bonds. The first-order valence-electron chi connectivity index (χ1n) is 4.96. The predicted molar refractivity (Wildman–Crippen MR) is 61.0 cm³/mol. The van der Waals surface area contributed by atoms with Crippen LogP contribution in [0.4, 0.5) is 5.82 Å². The standard InChI is InChI=1S/C11H17N3O/c1-4-5-14(6-7-15)11-10(3)12-8-9(2)13-11/h4,8,15H,1,5-7H2,2-3H3. The lowest BCUT2D eigenvalue weighted by Crippen LogP contribution is -2.28. The van der Waals surface area contributed by atoms with Crippen LogP contribution in [0.15, 0.2) is 18.9 Å². The van der Waals surface area contributed by atoms with Crippen LogP contribution in [0, 0.1) is 13.8 Å². The minimum atomic E-state index is 0.100. The minimum Gasteiger partial charge on any atom is -0.395 e. The summed E-state index contributed by atoms with van der Waals surface area (Å²) in [5.41, 5.74) is 1.75. The normalized spacial score (nSPS) is 10.1. The van der Waals surface area contributed by atoms with Crippen LogP contribution in [0.5, 0.6) is 0 Å². The van der Waals surface area contributed by atoms with Crippen LogP contribution in [0.3, 0.4) is 0 Å². The van der Waals surface area contributed by atoms with E-state index in [-0.39, 0.29) is 6.61 Å². The number of aryl methyl sites for hydroxylation is 2. The molecule has 0 fully saturated rings. The Morgan fingerprint density at radius 3 is 2.87 bits per heavy atom. The molecule has 0 aliphatic heterocycles. The Balaban J connectivity index is 2.97. The van der Waals surface area contributed by atoms with Gasteiger partial charge < -0.3 is 10.0 Å². The number of hydrogen-bond donors (Lipinski definition) is 1. The SMILES string of the molecule is C=CCN(CCO)c1nc(C)cnc1C. The highest BCUT2D eigenvalue weighted by Crippen LogP contribution is 2.14. The van der Waals surface area contributed by atoms with Crippen molar-refractivity contribution in [3.05, 3.63) is 30.2 Å². The first-order valence-corrected chi connectivity index (χ1v) is 4.96. The molecule has 15 heavy (non-hydrogen) atoms. The Morgan fingerprint density at radius 2 is 2.27 bits per heavy atom. The summed E-state index contributed by atoms with van der Waals surface area (Å²) in [7, 11) is 0. The number of aliphatic hydroxyl groups is 1. The largest absolute Gasteiger partial charge is 0.395 e. The Morgan fingerprint density at radius 1 is 1.53 bits per heavy atom. The molecule has 4 nitrogen and oxygen atoms in total. The summed E-state index contributed by atoms with van der Waals surface area (Å²) in [6.07, 6.45) is 3.53. The van der Waals surface area contributed by atoms with Gasteiger partial charge in [0.2, 0.25) is 0 Å². The molecule has 1 heterocycles. The number of aliphatic hydroxyl groups excluding tert-OH is 1. The summed E-state index contributed by atoms with van der Waals surface area (Å²) in [6, 6.07) is 0. The smallest absolute Gasteiger partial charge is 0.150 e. The molecule has 0 saturated heterocycles. The fraction of sp³-hybridized carbons (Fsp3) is 0.455. The number of rotatable bonds is 5. The van der Waals surface area contributed by atoms with Gasteiger partial charge in [-0.2, -0.15) is 0 Å². The molecule has 0 bridgehead atoms. The lowest BCUT2D eigenvalue weighted by atomic mass is 10.3. The van der Waals surface area contributed by atoms with Gasteiger partial charge in [-0.3, -0.25) is 4.98 Å². The third-order valence-corrected chi connectivity index (χ3v) is 2.07. The van der Waals surface area contributed by atoms with E-state index in [9.17, 15) is 0 Å². The summed E-state index contributed by atoms with van der Waals surface area (Å²) in [5, 5.41) is 8.96. The van der Waals surface area contributed by atoms with Crippen molar-refractivity contribution in [3.63, 3.8) is 0 Å². The molecule has 1 aromatic heterocycles. The van der Waals surface area contributed by atoms with E-state index in [1.54, 1.807) is 12.3 Å². The molecule has 1 aromatic rings. The van der Waals surface area contributed by atoms with E-state index in [2.05, 4.69) is 16.5 Å². The number of aromatic nitrogens is 2. The van der Waals surface area contributed by atoms with E-state index < -0.39 is 0 Å². The van der Waals surface area contributed by atoms with Crippen LogP contribution in [0.2, 0.25) is 0 Å². The molecule has 0 aliphatic carbocycles. The van der Waals surface area contributed by atoms with Gasteiger partial charge in [-0.25, -0.2) is 4.98 Å². The molecule has 4 heteroatoms. The molecule has 0 aliphatic rings. The molecule has 0 atom stereocenters. The van der Waals surface area contributed by atoms with E-state index in [1.165, 1.54) is 0 Å². The summed E-state index contributed by atoms with van der Waals surface area (Å²) >= 11 is 0. The molecule has 0 saturated carbocycles. The second-order valence-electron chi connectivity index (χ2n) is 3.38. The topological polar surface area (TPSA) is 49.2 Å². The quantitative estimate of drug-likeness (QED) is 0.734. The maximum absolute atomic E-state index is 8.96. The fourth-order valence-corrected chi connectivity index (χ4v) is 1.38. The van der Waals surface area contributed by atoms with Crippen molar-refractivity contribution in [3.8, 4) is 0 Å². The van der Waals surface area contributed by atoms with E-state index in [4.69, 9.17) is 5.11 Å². The summed E-state index contributed by atoms with van der Waals surface area (Å²) in [5.74, 6) is 0.823. The van der Waals surface area contributed by atoms with E-state index >= 15 is 0 Å². The average Bonchev–Trinajstić information content (AvgIpc) is 2.21. The van der Waals surface area contributed by atoms with Gasteiger partial charge in [0.1, 0.15) is 0 Å². The Bertz CT molecular complexity index is 339. The highest BCUT2D eigenvalue weighted by atomic mass is 16.3. The Kier molecular flexibility index (Phi) is 4.24. The second-order valence-corrected chi connectivity index (χ2v) is 3.38. The monoisotopic (exact) mass is 207 g/mol. The van der Waals surface area contributed by atoms with Crippen molar-refractivity contribution in [2.24, 2.45) is 0 Å². The molecule has 0 aromatic carbocycles. The zero-order valence-electron chi connectivity index (χ0n) is 9.27. The second kappa shape index (κ2) is 5.46. The van der Waals surface area contributed by atoms with Gasteiger partial charge in [0, 0.05) is 19.3 Å². The van der Waals surface area contributed by atoms with Gasteiger partial charge in [0.05, 0.1) is 18.0 Å². The molecule has 0 spiro atoms. The van der Waals surface area contributed by atoms with Crippen molar-refractivity contribution < 1.29 is 5.11 Å². The number of hydrogen-bond acceptors (Lipinski definition) is 4. The highest BCUT2D eigenvalue weighted by Gasteiger charge is 2.09. The van der Waals surface area contributed by atoms with Gasteiger partial charge in [-0.15, -0.1) is 6.58 Å². The maximum Gasteiger partial charge on any atom is 0.150 e. The maximum atomic E-state index is 8.96. The van der Waals surface area contributed by atoms with Crippen molar-refractivity contribution in [1.82, 2.24) is 9.97 Å². The van der Waals surface area contributed by atoms with Crippen LogP contribution in [0.25, 0.3) is 0 Å². The van der Waals surface area contributed by atoms with Gasteiger partial charge in [0.25, 0.3) is 0 Å². The van der Waals surface area contributed by atoms with Crippen molar-refractivity contribution in [1.29, 1.82) is 0 Å². The zero-order valence-corrected chi connectivity index (χ0v) is 9.27. The van der Waals surface area contributed by atoms with Gasteiger partial charge >= 0.3 is 0 Å². The van der Waals surface area contributed by atoms with E-state index in [1.807, 2.05) is 18.7 Å². The van der Waals surface area contributed by atoms with Gasteiger partial charge in [-0.1, -0.05) is 6.08 Å². The molecular weight excluding hydrogens is 190 g/mol. The van der Waals surface area contributed by atoms with Crippen LogP contribution in [-0.4, -0.2) is 34.8 Å². The van der Waals surface area contributed by atoms with Crippen LogP contribution in [0.1, 0.15) is 11.4 Å². The average molecular weight is 207 g/mol. The molecular formula is C11H17N3O.